The second kappa shape index (κ2) is 6.12. The van der Waals surface area contributed by atoms with Gasteiger partial charge in [0.15, 0.2) is 17.3 Å². The topological polar surface area (TPSA) is 61.3 Å². The first kappa shape index (κ1) is 14.4. The minimum Gasteiger partial charge on any atom is -0.486 e. The molecule has 5 heteroatoms. The second-order valence-corrected chi connectivity index (χ2v) is 5.34. The molecular formula is C19H14N2O3. The molecule has 1 aliphatic heterocycles. The summed E-state index contributed by atoms with van der Waals surface area (Å²) in [5.41, 5.74) is 2.81. The van der Waals surface area contributed by atoms with E-state index in [4.69, 9.17) is 9.47 Å². The Morgan fingerprint density at radius 3 is 2.67 bits per heavy atom. The number of rotatable bonds is 3. The van der Waals surface area contributed by atoms with E-state index in [0.29, 0.717) is 36.0 Å². The van der Waals surface area contributed by atoms with Crippen molar-refractivity contribution in [1.82, 2.24) is 9.97 Å². The van der Waals surface area contributed by atoms with Crippen LogP contribution in [0.25, 0.3) is 17.1 Å². The number of nitrogens with zero attached hydrogens (tertiary/aromatic N) is 2. The number of carbonyl (C=O) groups is 1. The van der Waals surface area contributed by atoms with E-state index in [2.05, 4.69) is 9.97 Å². The lowest BCUT2D eigenvalue weighted by atomic mass is 10.1. The number of ether oxygens (including phenoxy) is 2. The van der Waals surface area contributed by atoms with Crippen molar-refractivity contribution in [2.75, 3.05) is 13.2 Å². The smallest absolute Gasteiger partial charge is 0.186 e. The maximum absolute atomic E-state index is 12.3. The summed E-state index contributed by atoms with van der Waals surface area (Å²) in [7, 11) is 0. The van der Waals surface area contributed by atoms with E-state index in [1.807, 2.05) is 24.3 Å². The van der Waals surface area contributed by atoms with Gasteiger partial charge in [0, 0.05) is 5.56 Å². The molecule has 2 heterocycles. The van der Waals surface area contributed by atoms with Crippen molar-refractivity contribution in [1.29, 1.82) is 0 Å². The SMILES string of the molecule is O=C(/C=C/c1cnc2ccccc2n1)c1ccc2c(c1)OCCO2. The Labute approximate surface area is 138 Å². The summed E-state index contributed by atoms with van der Waals surface area (Å²) in [5.74, 6) is 1.15. The Hall–Kier alpha value is -3.21. The van der Waals surface area contributed by atoms with Crippen LogP contribution in [-0.2, 0) is 0 Å². The standard InChI is InChI=1S/C19H14N2O3/c22-17(13-5-8-18-19(11-13)24-10-9-23-18)7-6-14-12-20-15-3-1-2-4-16(15)21-14/h1-8,11-12H,9-10H2/b7-6+. The molecule has 0 radical (unpaired) electrons. The van der Waals surface area contributed by atoms with Crippen molar-refractivity contribution in [3.63, 3.8) is 0 Å². The molecule has 4 rings (SSSR count). The molecule has 3 aromatic rings. The molecular weight excluding hydrogens is 304 g/mol. The summed E-state index contributed by atoms with van der Waals surface area (Å²) >= 11 is 0. The zero-order chi connectivity index (χ0) is 16.4. The molecule has 1 aromatic heterocycles. The summed E-state index contributed by atoms with van der Waals surface area (Å²) in [4.78, 5) is 21.1. The zero-order valence-electron chi connectivity index (χ0n) is 12.8. The summed E-state index contributed by atoms with van der Waals surface area (Å²) in [6.45, 7) is 1.02. The molecule has 0 spiro atoms. The van der Waals surface area contributed by atoms with Gasteiger partial charge < -0.3 is 9.47 Å². The van der Waals surface area contributed by atoms with Crippen LogP contribution >= 0.6 is 0 Å². The van der Waals surface area contributed by atoms with Crippen LogP contribution in [0.4, 0.5) is 0 Å². The molecule has 1 aliphatic rings. The van der Waals surface area contributed by atoms with E-state index < -0.39 is 0 Å². The van der Waals surface area contributed by atoms with Crippen LogP contribution in [0, 0.1) is 0 Å². The number of hydrogen-bond donors (Lipinski definition) is 0. The van der Waals surface area contributed by atoms with Gasteiger partial charge in [-0.15, -0.1) is 0 Å². The number of para-hydroxylation sites is 2. The molecule has 24 heavy (non-hydrogen) atoms. The fraction of sp³-hybridized carbons (Fsp3) is 0.105. The van der Waals surface area contributed by atoms with E-state index in [-0.39, 0.29) is 5.78 Å². The number of fused-ring (bicyclic) bond motifs is 2. The van der Waals surface area contributed by atoms with E-state index in [0.717, 1.165) is 11.0 Å². The fourth-order valence-electron chi connectivity index (χ4n) is 2.51. The van der Waals surface area contributed by atoms with Gasteiger partial charge in [-0.2, -0.15) is 0 Å². The van der Waals surface area contributed by atoms with Crippen molar-refractivity contribution in [2.24, 2.45) is 0 Å². The minimum absolute atomic E-state index is 0.123. The molecule has 118 valence electrons. The van der Waals surface area contributed by atoms with Gasteiger partial charge in [0.25, 0.3) is 0 Å². The predicted octanol–water partition coefficient (Wildman–Crippen LogP) is 3.30. The third-order valence-corrected chi connectivity index (χ3v) is 3.70. The van der Waals surface area contributed by atoms with Gasteiger partial charge in [-0.05, 0) is 42.5 Å². The fourth-order valence-corrected chi connectivity index (χ4v) is 2.51. The summed E-state index contributed by atoms with van der Waals surface area (Å²) in [5, 5.41) is 0. The normalized spacial score (nSPS) is 13.3. The number of aromatic nitrogens is 2. The minimum atomic E-state index is -0.123. The molecule has 0 N–H and O–H groups in total. The molecule has 0 amide bonds. The molecule has 0 aliphatic carbocycles. The van der Waals surface area contributed by atoms with Crippen LogP contribution in [0.1, 0.15) is 16.1 Å². The quantitative estimate of drug-likeness (QED) is 0.548. The van der Waals surface area contributed by atoms with Crippen LogP contribution in [0.5, 0.6) is 11.5 Å². The molecule has 0 unspecified atom stereocenters. The average Bonchev–Trinajstić information content (AvgIpc) is 2.65. The number of allylic oxidation sites excluding steroid dienone is 1. The maximum Gasteiger partial charge on any atom is 0.186 e. The van der Waals surface area contributed by atoms with Crippen molar-refractivity contribution >= 4 is 22.9 Å². The average molecular weight is 318 g/mol. The van der Waals surface area contributed by atoms with Gasteiger partial charge in [-0.1, -0.05) is 12.1 Å². The zero-order valence-corrected chi connectivity index (χ0v) is 12.8. The molecule has 5 nitrogen and oxygen atoms in total. The largest absolute Gasteiger partial charge is 0.486 e. The Bertz CT molecular complexity index is 950. The monoisotopic (exact) mass is 318 g/mol. The second-order valence-electron chi connectivity index (χ2n) is 5.34. The van der Waals surface area contributed by atoms with E-state index in [1.165, 1.54) is 6.08 Å². The lowest BCUT2D eigenvalue weighted by Crippen LogP contribution is -2.15. The third-order valence-electron chi connectivity index (χ3n) is 3.70. The van der Waals surface area contributed by atoms with Gasteiger partial charge in [0.1, 0.15) is 13.2 Å². The van der Waals surface area contributed by atoms with Crippen LogP contribution in [0.15, 0.2) is 54.7 Å². The molecule has 0 saturated carbocycles. The van der Waals surface area contributed by atoms with Gasteiger partial charge >= 0.3 is 0 Å². The number of hydrogen-bond acceptors (Lipinski definition) is 5. The summed E-state index contributed by atoms with van der Waals surface area (Å²) < 4.78 is 11.0. The maximum atomic E-state index is 12.3. The first-order chi connectivity index (χ1) is 11.8. The Kier molecular flexibility index (Phi) is 3.67. The van der Waals surface area contributed by atoms with Crippen molar-refractivity contribution in [3.8, 4) is 11.5 Å². The molecule has 0 saturated heterocycles. The molecule has 0 bridgehead atoms. The highest BCUT2D eigenvalue weighted by Gasteiger charge is 2.13. The lowest BCUT2D eigenvalue weighted by molar-refractivity contribution is 0.104. The van der Waals surface area contributed by atoms with E-state index in [1.54, 1.807) is 30.5 Å². The van der Waals surface area contributed by atoms with Gasteiger partial charge in [0.2, 0.25) is 0 Å². The van der Waals surface area contributed by atoms with Crippen LogP contribution in [-0.4, -0.2) is 29.0 Å². The summed E-state index contributed by atoms with van der Waals surface area (Å²) in [6, 6.07) is 12.8. The number of ketones is 1. The number of carbonyl (C=O) groups excluding carboxylic acids is 1. The third kappa shape index (κ3) is 2.84. The van der Waals surface area contributed by atoms with E-state index in [9.17, 15) is 4.79 Å². The van der Waals surface area contributed by atoms with Crippen molar-refractivity contribution < 1.29 is 14.3 Å². The van der Waals surface area contributed by atoms with Gasteiger partial charge in [0.05, 0.1) is 22.9 Å². The highest BCUT2D eigenvalue weighted by Crippen LogP contribution is 2.30. The first-order valence-corrected chi connectivity index (χ1v) is 7.63. The van der Waals surface area contributed by atoms with Crippen molar-refractivity contribution in [2.45, 2.75) is 0 Å². The van der Waals surface area contributed by atoms with Crippen molar-refractivity contribution in [3.05, 3.63) is 66.0 Å². The summed E-state index contributed by atoms with van der Waals surface area (Å²) in [6.07, 6.45) is 4.80. The Morgan fingerprint density at radius 1 is 1.00 bits per heavy atom. The number of benzene rings is 2. The highest BCUT2D eigenvalue weighted by molar-refractivity contribution is 6.07. The van der Waals surface area contributed by atoms with Crippen LogP contribution in [0.3, 0.4) is 0 Å². The lowest BCUT2D eigenvalue weighted by Gasteiger charge is -2.18. The molecule has 2 aromatic carbocycles. The van der Waals surface area contributed by atoms with Gasteiger partial charge in [-0.3, -0.25) is 9.78 Å². The predicted molar refractivity (Wildman–Crippen MR) is 90.3 cm³/mol. The van der Waals surface area contributed by atoms with E-state index >= 15 is 0 Å². The Morgan fingerprint density at radius 2 is 1.79 bits per heavy atom. The molecule has 0 fully saturated rings. The highest BCUT2D eigenvalue weighted by atomic mass is 16.6. The van der Waals surface area contributed by atoms with Gasteiger partial charge in [-0.25, -0.2) is 4.98 Å². The van der Waals surface area contributed by atoms with Crippen LogP contribution in [0.2, 0.25) is 0 Å². The first-order valence-electron chi connectivity index (χ1n) is 7.63. The van der Waals surface area contributed by atoms with Crippen LogP contribution < -0.4 is 9.47 Å². The molecule has 0 atom stereocenters. The Balaban J connectivity index is 1.57.